The van der Waals surface area contributed by atoms with Crippen LogP contribution < -0.4 is 5.32 Å². The lowest BCUT2D eigenvalue weighted by Gasteiger charge is -2.17. The Kier molecular flexibility index (Phi) is 15.3. The molecule has 1 aromatic heterocycles. The van der Waals surface area contributed by atoms with Crippen LogP contribution in [0, 0.1) is 0 Å². The Bertz CT molecular complexity index is 1210. The van der Waals surface area contributed by atoms with Crippen molar-refractivity contribution in [3.8, 4) is 0 Å². The number of benzene rings is 2. The van der Waals surface area contributed by atoms with Gasteiger partial charge in [0.1, 0.15) is 17.5 Å². The maximum Gasteiger partial charge on any atom is 0.331 e. The van der Waals surface area contributed by atoms with Gasteiger partial charge < -0.3 is 24.0 Å². The molecule has 0 amide bonds. The highest BCUT2D eigenvalue weighted by molar-refractivity contribution is 7.99. The normalized spacial score (nSPS) is 11.6. The second-order valence-electron chi connectivity index (χ2n) is 8.99. The number of hydrogen-bond acceptors (Lipinski definition) is 7. The lowest BCUT2D eigenvalue weighted by molar-refractivity contribution is 0.220. The topological polar surface area (TPSA) is 85.6 Å². The number of nitrogens with one attached hydrogen (secondary N) is 1. The van der Waals surface area contributed by atoms with E-state index in [4.69, 9.17) is 37.2 Å². The van der Waals surface area contributed by atoms with Gasteiger partial charge in [-0.1, -0.05) is 86.9 Å². The molecule has 0 atom stereocenters. The number of hydrogen-bond donors (Lipinski definition) is 2. The molecule has 0 bridgehead atoms. The van der Waals surface area contributed by atoms with E-state index < -0.39 is 7.60 Å². The van der Waals surface area contributed by atoms with Crippen LogP contribution in [0.15, 0.2) is 52.4 Å². The van der Waals surface area contributed by atoms with Crippen molar-refractivity contribution in [2.45, 2.75) is 77.1 Å². The van der Waals surface area contributed by atoms with Gasteiger partial charge in [0.05, 0.1) is 25.1 Å². The van der Waals surface area contributed by atoms with Gasteiger partial charge in [0, 0.05) is 34.6 Å². The molecule has 0 spiro atoms. The van der Waals surface area contributed by atoms with E-state index in [0.717, 1.165) is 26.7 Å². The Hall–Kier alpha value is -1.35. The van der Waals surface area contributed by atoms with Gasteiger partial charge in [-0.25, -0.2) is 4.98 Å². The summed E-state index contributed by atoms with van der Waals surface area (Å²) in [4.78, 5) is 5.66. The third-order valence-corrected chi connectivity index (χ3v) is 9.28. The first-order chi connectivity index (χ1) is 19.2. The number of rotatable bonds is 15. The lowest BCUT2D eigenvalue weighted by Crippen LogP contribution is -2.19. The highest BCUT2D eigenvalue weighted by Gasteiger charge is 2.23. The fourth-order valence-electron chi connectivity index (χ4n) is 3.92. The first kappa shape index (κ1) is 34.8. The zero-order chi connectivity index (χ0) is 29.7. The van der Waals surface area contributed by atoms with Crippen LogP contribution in [-0.4, -0.2) is 40.6 Å². The second kappa shape index (κ2) is 17.6. The van der Waals surface area contributed by atoms with Gasteiger partial charge in [-0.15, -0.1) is 0 Å². The highest BCUT2D eigenvalue weighted by Crippen LogP contribution is 2.47. The zero-order valence-electron chi connectivity index (χ0n) is 24.2. The van der Waals surface area contributed by atoms with Gasteiger partial charge in [-0.2, -0.15) is 0 Å². The van der Waals surface area contributed by atoms with Crippen molar-refractivity contribution in [1.29, 1.82) is 0 Å². The molecule has 11 heteroatoms. The van der Waals surface area contributed by atoms with Gasteiger partial charge >= 0.3 is 7.60 Å². The minimum absolute atomic E-state index is 0.161. The Balaban J connectivity index is 0.00000274. The van der Waals surface area contributed by atoms with Crippen molar-refractivity contribution in [1.82, 2.24) is 14.9 Å². The summed E-state index contributed by atoms with van der Waals surface area (Å²) in [7, 11) is -3.04. The summed E-state index contributed by atoms with van der Waals surface area (Å²) in [6.45, 7) is 14.1. The minimum Gasteiger partial charge on any atom is -0.388 e. The number of halogens is 2. The third kappa shape index (κ3) is 10.5. The standard InChI is InChI=1S/C27H36Cl2N3O4PS.C2H6/c1-5-35-37(34,36-6-2)12-11-30-16-20-7-9-21(10-8-20)17-32-25(18-33)31-26(19(3)4)27(32)38-24-14-22(28)13-23(29)15-24;1-2/h7-10,13-15,19,30,33H,5-6,11-12,16-18H2,1-4H3;1-2H3. The largest absolute Gasteiger partial charge is 0.388 e. The van der Waals surface area contributed by atoms with Gasteiger partial charge in [0.15, 0.2) is 0 Å². The smallest absolute Gasteiger partial charge is 0.331 e. The number of aromatic nitrogens is 2. The number of imidazole rings is 1. The van der Waals surface area contributed by atoms with Gasteiger partial charge in [-0.05, 0) is 49.1 Å². The Labute approximate surface area is 253 Å². The summed E-state index contributed by atoms with van der Waals surface area (Å²) in [5.74, 6) is 0.788. The number of aliphatic hydroxyl groups excluding tert-OH is 1. The molecule has 40 heavy (non-hydrogen) atoms. The quantitative estimate of drug-likeness (QED) is 0.129. The number of nitrogens with zero attached hydrogens (tertiary/aromatic N) is 2. The van der Waals surface area contributed by atoms with Gasteiger partial charge in [0.25, 0.3) is 0 Å². The van der Waals surface area contributed by atoms with Crippen LogP contribution in [0.4, 0.5) is 0 Å². The van der Waals surface area contributed by atoms with E-state index in [-0.39, 0.29) is 12.5 Å². The van der Waals surface area contributed by atoms with Crippen molar-refractivity contribution in [2.24, 2.45) is 0 Å². The first-order valence-corrected chi connectivity index (χ1v) is 17.0. The molecule has 0 aliphatic heterocycles. The molecule has 0 aliphatic rings. The van der Waals surface area contributed by atoms with E-state index in [1.807, 2.05) is 39.8 Å². The molecule has 0 aliphatic carbocycles. The van der Waals surface area contributed by atoms with Crippen LogP contribution in [0.1, 0.15) is 70.1 Å². The fourth-order valence-corrected chi connectivity index (χ4v) is 7.39. The molecule has 0 fully saturated rings. The van der Waals surface area contributed by atoms with Crippen molar-refractivity contribution >= 4 is 42.6 Å². The lowest BCUT2D eigenvalue weighted by atomic mass is 10.1. The van der Waals surface area contributed by atoms with Crippen LogP contribution in [0.3, 0.4) is 0 Å². The van der Waals surface area contributed by atoms with Crippen molar-refractivity contribution in [3.63, 3.8) is 0 Å². The molecule has 0 unspecified atom stereocenters. The van der Waals surface area contributed by atoms with Crippen LogP contribution in [0.2, 0.25) is 10.0 Å². The molecular formula is C29H42Cl2N3O4PS. The molecule has 222 valence electrons. The van der Waals surface area contributed by atoms with Crippen LogP contribution >= 0.6 is 42.6 Å². The molecule has 1 heterocycles. The summed E-state index contributed by atoms with van der Waals surface area (Å²) >= 11 is 14.0. The predicted molar refractivity (Wildman–Crippen MR) is 167 cm³/mol. The SMILES string of the molecule is CC.CCOP(=O)(CCNCc1ccc(Cn2c(CO)nc(C(C)C)c2Sc2cc(Cl)cc(Cl)c2)cc1)OCC. The Morgan fingerprint density at radius 2 is 1.60 bits per heavy atom. The number of aliphatic hydroxyl groups is 1. The second-order valence-corrected chi connectivity index (χ2v) is 13.1. The van der Waals surface area contributed by atoms with Gasteiger partial charge in [-0.3, -0.25) is 4.57 Å². The molecule has 2 aromatic carbocycles. The average molecular weight is 631 g/mol. The maximum absolute atomic E-state index is 12.6. The molecule has 3 rings (SSSR count). The molecule has 0 radical (unpaired) electrons. The van der Waals surface area contributed by atoms with Crippen molar-refractivity contribution in [2.75, 3.05) is 25.9 Å². The Morgan fingerprint density at radius 1 is 1.02 bits per heavy atom. The monoisotopic (exact) mass is 629 g/mol. The molecular weight excluding hydrogens is 588 g/mol. The molecule has 0 saturated carbocycles. The third-order valence-electron chi connectivity index (χ3n) is 5.67. The molecule has 0 saturated heterocycles. The molecule has 2 N–H and O–H groups in total. The Morgan fingerprint density at radius 3 is 2.12 bits per heavy atom. The zero-order valence-corrected chi connectivity index (χ0v) is 27.5. The van der Waals surface area contributed by atoms with E-state index in [0.29, 0.717) is 54.9 Å². The summed E-state index contributed by atoms with van der Waals surface area (Å²) in [5, 5.41) is 15.5. The summed E-state index contributed by atoms with van der Waals surface area (Å²) in [6.07, 6.45) is 0.327. The summed E-state index contributed by atoms with van der Waals surface area (Å²) < 4.78 is 25.3. The summed E-state index contributed by atoms with van der Waals surface area (Å²) in [6, 6.07) is 13.7. The molecule has 7 nitrogen and oxygen atoms in total. The van der Waals surface area contributed by atoms with E-state index >= 15 is 0 Å². The summed E-state index contributed by atoms with van der Waals surface area (Å²) in [5.41, 5.74) is 3.11. The first-order valence-electron chi connectivity index (χ1n) is 13.7. The van der Waals surface area contributed by atoms with Gasteiger partial charge in [0.2, 0.25) is 0 Å². The van der Waals surface area contributed by atoms with Crippen molar-refractivity contribution in [3.05, 3.63) is 75.2 Å². The fraction of sp³-hybridized carbons (Fsp3) is 0.483. The van der Waals surface area contributed by atoms with E-state index in [2.05, 4.69) is 48.0 Å². The highest BCUT2D eigenvalue weighted by atomic mass is 35.5. The van der Waals surface area contributed by atoms with E-state index in [1.165, 1.54) is 0 Å². The average Bonchev–Trinajstić information content (AvgIpc) is 3.25. The minimum atomic E-state index is -3.04. The van der Waals surface area contributed by atoms with E-state index in [1.54, 1.807) is 17.8 Å². The van der Waals surface area contributed by atoms with Crippen LogP contribution in [-0.2, 0) is 33.3 Å². The van der Waals surface area contributed by atoms with E-state index in [9.17, 15) is 9.67 Å². The maximum atomic E-state index is 12.6. The molecule has 3 aromatic rings. The van der Waals surface area contributed by atoms with Crippen LogP contribution in [0.5, 0.6) is 0 Å². The van der Waals surface area contributed by atoms with Crippen molar-refractivity contribution < 1.29 is 18.7 Å². The predicted octanol–water partition coefficient (Wildman–Crippen LogP) is 8.39. The van der Waals surface area contributed by atoms with Crippen LogP contribution in [0.25, 0.3) is 0 Å².